The lowest BCUT2D eigenvalue weighted by molar-refractivity contribution is -0.121. The molecule has 7 heteroatoms. The standard InChI is InChI=1S/C25H23N3O4/c1-17-8-9-21-22(13-17)25(31)28(24(21)30)12-10-23(29)27-15-18-5-4-7-20(14-18)32-16-19-6-2-3-11-26-19/h2-9,11,13-14H,10,12,15-16H2,1H3,(H,27,29). The summed E-state index contributed by atoms with van der Waals surface area (Å²) in [6, 6.07) is 18.3. The number of nitrogens with one attached hydrogen (secondary N) is 1. The number of benzene rings is 2. The van der Waals surface area contributed by atoms with Crippen LogP contribution in [0, 0.1) is 6.92 Å². The minimum atomic E-state index is -0.351. The second-order valence-electron chi connectivity index (χ2n) is 7.59. The summed E-state index contributed by atoms with van der Waals surface area (Å²) in [6.45, 7) is 2.59. The smallest absolute Gasteiger partial charge is 0.261 e. The number of carbonyl (C=O) groups excluding carboxylic acids is 3. The SMILES string of the molecule is Cc1ccc2c(c1)C(=O)N(CCC(=O)NCc1cccc(OCc3ccccn3)c1)C2=O. The zero-order valence-electron chi connectivity index (χ0n) is 17.7. The van der Waals surface area contributed by atoms with Gasteiger partial charge in [-0.25, -0.2) is 0 Å². The van der Waals surface area contributed by atoms with Crippen molar-refractivity contribution in [1.29, 1.82) is 0 Å². The molecule has 0 bridgehead atoms. The minimum absolute atomic E-state index is 0.0420. The molecule has 0 aliphatic carbocycles. The second kappa shape index (κ2) is 9.43. The predicted molar refractivity (Wildman–Crippen MR) is 118 cm³/mol. The third-order valence-corrected chi connectivity index (χ3v) is 5.19. The van der Waals surface area contributed by atoms with Crippen LogP contribution in [0.25, 0.3) is 0 Å². The van der Waals surface area contributed by atoms with Crippen LogP contribution < -0.4 is 10.1 Å². The van der Waals surface area contributed by atoms with Gasteiger partial charge in [-0.15, -0.1) is 0 Å². The molecule has 0 radical (unpaired) electrons. The van der Waals surface area contributed by atoms with Crippen LogP contribution in [0.1, 0.15) is 44.0 Å². The van der Waals surface area contributed by atoms with E-state index in [0.717, 1.165) is 21.7 Å². The number of imide groups is 1. The Balaban J connectivity index is 1.27. The fraction of sp³-hybridized carbons (Fsp3) is 0.200. The zero-order valence-corrected chi connectivity index (χ0v) is 17.7. The Bertz CT molecular complexity index is 1160. The van der Waals surface area contributed by atoms with E-state index in [9.17, 15) is 14.4 Å². The lowest BCUT2D eigenvalue weighted by Gasteiger charge is -2.13. The lowest BCUT2D eigenvalue weighted by atomic mass is 10.1. The van der Waals surface area contributed by atoms with Gasteiger partial charge in [0.25, 0.3) is 11.8 Å². The Morgan fingerprint density at radius 1 is 1.00 bits per heavy atom. The first kappa shape index (κ1) is 21.2. The number of pyridine rings is 1. The average molecular weight is 429 g/mol. The van der Waals surface area contributed by atoms with Gasteiger partial charge in [-0.3, -0.25) is 24.3 Å². The number of amides is 3. The molecule has 4 rings (SSSR count). The molecule has 1 aromatic heterocycles. The maximum atomic E-state index is 12.5. The number of hydrogen-bond acceptors (Lipinski definition) is 5. The van der Waals surface area contributed by atoms with Crippen LogP contribution in [-0.2, 0) is 17.9 Å². The van der Waals surface area contributed by atoms with Gasteiger partial charge in [-0.05, 0) is 48.9 Å². The third kappa shape index (κ3) is 4.83. The summed E-state index contributed by atoms with van der Waals surface area (Å²) in [5, 5.41) is 2.83. The molecule has 0 saturated carbocycles. The van der Waals surface area contributed by atoms with Crippen molar-refractivity contribution >= 4 is 17.7 Å². The van der Waals surface area contributed by atoms with Crippen molar-refractivity contribution in [1.82, 2.24) is 15.2 Å². The maximum absolute atomic E-state index is 12.5. The van der Waals surface area contributed by atoms with E-state index in [1.54, 1.807) is 24.4 Å². The van der Waals surface area contributed by atoms with Gasteiger partial charge in [-0.1, -0.05) is 29.8 Å². The van der Waals surface area contributed by atoms with Gasteiger partial charge in [-0.2, -0.15) is 0 Å². The summed E-state index contributed by atoms with van der Waals surface area (Å²) in [4.78, 5) is 42.6. The number of hydrogen-bond donors (Lipinski definition) is 1. The van der Waals surface area contributed by atoms with E-state index in [2.05, 4.69) is 10.3 Å². The topological polar surface area (TPSA) is 88.6 Å². The van der Waals surface area contributed by atoms with Crippen molar-refractivity contribution in [3.05, 3.63) is 94.8 Å². The van der Waals surface area contributed by atoms with E-state index in [-0.39, 0.29) is 30.7 Å². The molecule has 7 nitrogen and oxygen atoms in total. The van der Waals surface area contributed by atoms with Crippen LogP contribution in [0.3, 0.4) is 0 Å². The van der Waals surface area contributed by atoms with Gasteiger partial charge < -0.3 is 10.1 Å². The van der Waals surface area contributed by atoms with E-state index in [0.29, 0.717) is 30.0 Å². The molecular formula is C25H23N3O4. The fourth-order valence-corrected chi connectivity index (χ4v) is 3.50. The normalized spacial score (nSPS) is 12.6. The molecular weight excluding hydrogens is 406 g/mol. The Morgan fingerprint density at radius 2 is 1.84 bits per heavy atom. The number of carbonyl (C=O) groups is 3. The van der Waals surface area contributed by atoms with E-state index >= 15 is 0 Å². The zero-order chi connectivity index (χ0) is 22.5. The summed E-state index contributed by atoms with van der Waals surface area (Å²) in [5.41, 5.74) is 3.42. The van der Waals surface area contributed by atoms with Gasteiger partial charge in [0.15, 0.2) is 0 Å². The first-order chi connectivity index (χ1) is 15.5. The largest absolute Gasteiger partial charge is 0.487 e. The van der Waals surface area contributed by atoms with Gasteiger partial charge in [0.1, 0.15) is 12.4 Å². The quantitative estimate of drug-likeness (QED) is 0.555. The van der Waals surface area contributed by atoms with Crippen molar-refractivity contribution in [3.8, 4) is 5.75 Å². The van der Waals surface area contributed by atoms with Crippen LogP contribution in [0.4, 0.5) is 0 Å². The van der Waals surface area contributed by atoms with E-state index in [1.165, 1.54) is 0 Å². The molecule has 1 aliphatic heterocycles. The average Bonchev–Trinajstić information content (AvgIpc) is 3.04. The first-order valence-corrected chi connectivity index (χ1v) is 10.4. The predicted octanol–water partition coefficient (Wildman–Crippen LogP) is 3.27. The molecule has 1 aliphatic rings. The first-order valence-electron chi connectivity index (χ1n) is 10.4. The number of ether oxygens (including phenoxy) is 1. The highest BCUT2D eigenvalue weighted by Crippen LogP contribution is 2.24. The molecule has 162 valence electrons. The van der Waals surface area contributed by atoms with Crippen LogP contribution in [-0.4, -0.2) is 34.2 Å². The van der Waals surface area contributed by atoms with Gasteiger partial charge in [0.05, 0.1) is 16.8 Å². The Kier molecular flexibility index (Phi) is 6.26. The number of fused-ring (bicyclic) bond motifs is 1. The van der Waals surface area contributed by atoms with Crippen LogP contribution >= 0.6 is 0 Å². The number of aryl methyl sites for hydroxylation is 1. The highest BCUT2D eigenvalue weighted by atomic mass is 16.5. The highest BCUT2D eigenvalue weighted by molar-refractivity contribution is 6.21. The Labute approximate surface area is 186 Å². The van der Waals surface area contributed by atoms with Crippen molar-refractivity contribution in [2.45, 2.75) is 26.5 Å². The van der Waals surface area contributed by atoms with Crippen LogP contribution in [0.5, 0.6) is 5.75 Å². The van der Waals surface area contributed by atoms with Crippen molar-refractivity contribution in [3.63, 3.8) is 0 Å². The van der Waals surface area contributed by atoms with Crippen molar-refractivity contribution < 1.29 is 19.1 Å². The molecule has 0 unspecified atom stereocenters. The molecule has 0 fully saturated rings. The van der Waals surface area contributed by atoms with Crippen LogP contribution in [0.15, 0.2) is 66.9 Å². The summed E-state index contributed by atoms with van der Waals surface area (Å²) in [7, 11) is 0. The second-order valence-corrected chi connectivity index (χ2v) is 7.59. The fourth-order valence-electron chi connectivity index (χ4n) is 3.50. The van der Waals surface area contributed by atoms with E-state index in [1.807, 2.05) is 49.4 Å². The molecule has 3 amide bonds. The summed E-state index contributed by atoms with van der Waals surface area (Å²) >= 11 is 0. The summed E-state index contributed by atoms with van der Waals surface area (Å²) in [5.74, 6) is -0.254. The molecule has 32 heavy (non-hydrogen) atoms. The van der Waals surface area contributed by atoms with E-state index in [4.69, 9.17) is 4.74 Å². The number of nitrogens with zero attached hydrogens (tertiary/aromatic N) is 2. The maximum Gasteiger partial charge on any atom is 0.261 e. The van der Waals surface area contributed by atoms with Crippen molar-refractivity contribution in [2.75, 3.05) is 6.54 Å². The third-order valence-electron chi connectivity index (χ3n) is 5.19. The number of aromatic nitrogens is 1. The highest BCUT2D eigenvalue weighted by Gasteiger charge is 2.35. The Hall–Kier alpha value is -4.00. The van der Waals surface area contributed by atoms with Gasteiger partial charge in [0, 0.05) is 25.7 Å². The van der Waals surface area contributed by atoms with Gasteiger partial charge in [0.2, 0.25) is 5.91 Å². The molecule has 0 spiro atoms. The molecule has 3 aromatic rings. The lowest BCUT2D eigenvalue weighted by Crippen LogP contribution is -2.34. The molecule has 0 atom stereocenters. The molecule has 2 heterocycles. The molecule has 1 N–H and O–H groups in total. The summed E-state index contributed by atoms with van der Waals surface area (Å²) in [6.07, 6.45) is 1.76. The minimum Gasteiger partial charge on any atom is -0.487 e. The van der Waals surface area contributed by atoms with Crippen molar-refractivity contribution in [2.24, 2.45) is 0 Å². The van der Waals surface area contributed by atoms with Gasteiger partial charge >= 0.3 is 0 Å². The summed E-state index contributed by atoms with van der Waals surface area (Å²) < 4.78 is 5.76. The monoisotopic (exact) mass is 429 g/mol. The molecule has 2 aromatic carbocycles. The van der Waals surface area contributed by atoms with Crippen LogP contribution in [0.2, 0.25) is 0 Å². The van der Waals surface area contributed by atoms with E-state index < -0.39 is 0 Å². The number of rotatable bonds is 8. The Morgan fingerprint density at radius 3 is 2.66 bits per heavy atom. The molecule has 0 saturated heterocycles.